The molecule has 0 unspecified atom stereocenters. The topological polar surface area (TPSA) is 118 Å². The average molecular weight is 517 g/mol. The van der Waals surface area contributed by atoms with Gasteiger partial charge in [-0.3, -0.25) is 14.4 Å². The highest BCUT2D eigenvalue weighted by Crippen LogP contribution is 2.20. The van der Waals surface area contributed by atoms with Crippen molar-refractivity contribution >= 4 is 45.6 Å². The maximum absolute atomic E-state index is 12.2. The first-order chi connectivity index (χ1) is 15.9. The van der Waals surface area contributed by atoms with Gasteiger partial charge in [0.25, 0.3) is 5.91 Å². The number of carbonyl (C=O) groups is 3. The standard InChI is InChI=1S/C23H25BrN4O5/c1-15-10-17(24)7-8-20(15)27-21(29)14-33-18-5-2-4-16(11-18)12-26-28-23(31)22(30)25-13-19-6-3-9-32-19/h2,4-5,7-8,10-12,19H,3,6,9,13-14H2,1H3,(H,25,30)(H,27,29)(H,28,31)/b26-12-/t19-/m0/s1. The SMILES string of the molecule is Cc1cc(Br)ccc1NC(=O)COc1cccc(/C=N\NC(=O)C(=O)NC[C@@H]2CCCO2)c1. The van der Waals surface area contributed by atoms with Crippen molar-refractivity contribution in [2.75, 3.05) is 25.1 Å². The van der Waals surface area contributed by atoms with E-state index in [9.17, 15) is 14.4 Å². The third kappa shape index (κ3) is 7.99. The minimum absolute atomic E-state index is 0.0473. The number of anilines is 1. The Kier molecular flexibility index (Phi) is 8.96. The lowest BCUT2D eigenvalue weighted by atomic mass is 10.2. The summed E-state index contributed by atoms with van der Waals surface area (Å²) >= 11 is 3.39. The normalized spacial score (nSPS) is 15.3. The number of amides is 3. The molecule has 2 aromatic carbocycles. The fraction of sp³-hybridized carbons (Fsp3) is 0.304. The van der Waals surface area contributed by atoms with Crippen LogP contribution in [-0.2, 0) is 19.1 Å². The van der Waals surface area contributed by atoms with Crippen molar-refractivity contribution in [2.24, 2.45) is 5.10 Å². The van der Waals surface area contributed by atoms with Crippen LogP contribution in [0.2, 0.25) is 0 Å². The van der Waals surface area contributed by atoms with Gasteiger partial charge in [0.15, 0.2) is 6.61 Å². The lowest BCUT2D eigenvalue weighted by Crippen LogP contribution is -2.41. The maximum Gasteiger partial charge on any atom is 0.329 e. The molecule has 1 atom stereocenters. The summed E-state index contributed by atoms with van der Waals surface area (Å²) in [7, 11) is 0. The number of carbonyl (C=O) groups excluding carboxylic acids is 3. The van der Waals surface area contributed by atoms with Crippen LogP contribution < -0.4 is 20.8 Å². The van der Waals surface area contributed by atoms with Crippen molar-refractivity contribution in [3.63, 3.8) is 0 Å². The molecule has 3 rings (SSSR count). The zero-order chi connectivity index (χ0) is 23.6. The Morgan fingerprint density at radius 1 is 1.21 bits per heavy atom. The molecule has 0 saturated carbocycles. The molecule has 0 aromatic heterocycles. The first-order valence-corrected chi connectivity index (χ1v) is 11.2. The Balaban J connectivity index is 1.43. The van der Waals surface area contributed by atoms with E-state index in [2.05, 4.69) is 37.1 Å². The minimum atomic E-state index is -0.864. The van der Waals surface area contributed by atoms with Gasteiger partial charge < -0.3 is 20.1 Å². The number of halogens is 1. The number of rotatable bonds is 8. The number of benzene rings is 2. The number of hydrogen-bond acceptors (Lipinski definition) is 6. The number of aryl methyl sites for hydroxylation is 1. The number of hydrazone groups is 1. The molecule has 10 heteroatoms. The predicted octanol–water partition coefficient (Wildman–Crippen LogP) is 2.52. The van der Waals surface area contributed by atoms with Gasteiger partial charge in [-0.15, -0.1) is 0 Å². The van der Waals surface area contributed by atoms with E-state index in [-0.39, 0.29) is 18.6 Å². The molecule has 1 heterocycles. The van der Waals surface area contributed by atoms with E-state index in [1.165, 1.54) is 6.21 Å². The van der Waals surface area contributed by atoms with E-state index in [1.54, 1.807) is 24.3 Å². The van der Waals surface area contributed by atoms with Crippen LogP contribution >= 0.6 is 15.9 Å². The molecule has 0 radical (unpaired) electrons. The van der Waals surface area contributed by atoms with Crippen LogP contribution in [0.4, 0.5) is 5.69 Å². The zero-order valence-corrected chi connectivity index (χ0v) is 19.7. The van der Waals surface area contributed by atoms with Crippen LogP contribution in [-0.4, -0.2) is 49.8 Å². The molecule has 0 spiro atoms. The highest BCUT2D eigenvalue weighted by Gasteiger charge is 2.19. The van der Waals surface area contributed by atoms with Gasteiger partial charge in [0.05, 0.1) is 12.3 Å². The first kappa shape index (κ1) is 24.4. The monoisotopic (exact) mass is 516 g/mol. The van der Waals surface area contributed by atoms with Gasteiger partial charge in [0, 0.05) is 23.3 Å². The third-order valence-electron chi connectivity index (χ3n) is 4.79. The van der Waals surface area contributed by atoms with Gasteiger partial charge in [-0.1, -0.05) is 28.1 Å². The smallest absolute Gasteiger partial charge is 0.329 e. The maximum atomic E-state index is 12.2. The summed E-state index contributed by atoms with van der Waals surface area (Å²) in [5.41, 5.74) is 4.44. The molecule has 1 aliphatic rings. The summed E-state index contributed by atoms with van der Waals surface area (Å²) in [4.78, 5) is 35.8. The summed E-state index contributed by atoms with van der Waals surface area (Å²) in [6.07, 6.45) is 3.15. The summed E-state index contributed by atoms with van der Waals surface area (Å²) < 4.78 is 11.9. The van der Waals surface area contributed by atoms with Gasteiger partial charge in [0.1, 0.15) is 5.75 Å². The van der Waals surface area contributed by atoms with Crippen molar-refractivity contribution in [3.05, 3.63) is 58.1 Å². The molecule has 174 valence electrons. The molecule has 1 saturated heterocycles. The number of hydrogen-bond donors (Lipinski definition) is 3. The van der Waals surface area contributed by atoms with Gasteiger partial charge in [-0.05, 0) is 61.2 Å². The van der Waals surface area contributed by atoms with Gasteiger partial charge >= 0.3 is 11.8 Å². The molecule has 0 aliphatic carbocycles. The van der Waals surface area contributed by atoms with Crippen LogP contribution in [0, 0.1) is 6.92 Å². The molecular weight excluding hydrogens is 492 g/mol. The van der Waals surface area contributed by atoms with Gasteiger partial charge in [-0.25, -0.2) is 5.43 Å². The van der Waals surface area contributed by atoms with E-state index >= 15 is 0 Å². The van der Waals surface area contributed by atoms with Crippen molar-refractivity contribution < 1.29 is 23.9 Å². The number of nitrogens with zero attached hydrogens (tertiary/aromatic N) is 1. The minimum Gasteiger partial charge on any atom is -0.484 e. The van der Waals surface area contributed by atoms with E-state index in [4.69, 9.17) is 9.47 Å². The highest BCUT2D eigenvalue weighted by atomic mass is 79.9. The zero-order valence-electron chi connectivity index (χ0n) is 18.1. The Morgan fingerprint density at radius 3 is 2.82 bits per heavy atom. The molecule has 3 amide bonds. The van der Waals surface area contributed by atoms with Crippen LogP contribution in [0.1, 0.15) is 24.0 Å². The third-order valence-corrected chi connectivity index (χ3v) is 5.28. The summed E-state index contributed by atoms with van der Waals surface area (Å²) in [5, 5.41) is 9.12. The first-order valence-electron chi connectivity index (χ1n) is 10.4. The van der Waals surface area contributed by atoms with Crippen molar-refractivity contribution in [2.45, 2.75) is 25.9 Å². The summed E-state index contributed by atoms with van der Waals surface area (Å²) in [6.45, 7) is 2.70. The van der Waals surface area contributed by atoms with Crippen molar-refractivity contribution in [1.82, 2.24) is 10.7 Å². The largest absolute Gasteiger partial charge is 0.484 e. The van der Waals surface area contributed by atoms with Crippen LogP contribution in [0.25, 0.3) is 0 Å². The van der Waals surface area contributed by atoms with E-state index < -0.39 is 11.8 Å². The Hall–Kier alpha value is -3.24. The molecule has 1 fully saturated rings. The Bertz CT molecular complexity index is 1040. The molecular formula is C23H25BrN4O5. The molecule has 1 aliphatic heterocycles. The fourth-order valence-electron chi connectivity index (χ4n) is 3.10. The van der Waals surface area contributed by atoms with Crippen molar-refractivity contribution in [1.29, 1.82) is 0 Å². The molecule has 33 heavy (non-hydrogen) atoms. The van der Waals surface area contributed by atoms with Gasteiger partial charge in [0.2, 0.25) is 0 Å². The average Bonchev–Trinajstić information content (AvgIpc) is 3.32. The van der Waals surface area contributed by atoms with Crippen molar-refractivity contribution in [3.8, 4) is 5.75 Å². The molecule has 9 nitrogen and oxygen atoms in total. The lowest BCUT2D eigenvalue weighted by molar-refractivity contribution is -0.139. The van der Waals surface area contributed by atoms with Crippen LogP contribution in [0.5, 0.6) is 5.75 Å². The van der Waals surface area contributed by atoms with E-state index in [0.29, 0.717) is 30.2 Å². The van der Waals surface area contributed by atoms with Crippen LogP contribution in [0.15, 0.2) is 52.0 Å². The fourth-order valence-corrected chi connectivity index (χ4v) is 3.57. The molecule has 0 bridgehead atoms. The van der Waals surface area contributed by atoms with Crippen LogP contribution in [0.3, 0.4) is 0 Å². The summed E-state index contributed by atoms with van der Waals surface area (Å²) in [6, 6.07) is 12.4. The van der Waals surface area contributed by atoms with E-state index in [0.717, 1.165) is 22.9 Å². The summed E-state index contributed by atoms with van der Waals surface area (Å²) in [5.74, 6) is -1.47. The second kappa shape index (κ2) is 12.1. The molecule has 2 aromatic rings. The van der Waals surface area contributed by atoms with Gasteiger partial charge in [-0.2, -0.15) is 5.10 Å². The highest BCUT2D eigenvalue weighted by molar-refractivity contribution is 9.10. The predicted molar refractivity (Wildman–Crippen MR) is 127 cm³/mol. The van der Waals surface area contributed by atoms with E-state index in [1.807, 2.05) is 25.1 Å². The second-order valence-electron chi connectivity index (χ2n) is 7.41. The molecule has 3 N–H and O–H groups in total. The number of nitrogens with one attached hydrogen (secondary N) is 3. The second-order valence-corrected chi connectivity index (χ2v) is 8.33. The number of ether oxygens (including phenoxy) is 2. The lowest BCUT2D eigenvalue weighted by Gasteiger charge is -2.10. The quantitative estimate of drug-likeness (QED) is 0.283. The Morgan fingerprint density at radius 2 is 2.06 bits per heavy atom. The Labute approximate surface area is 200 Å².